The van der Waals surface area contributed by atoms with Crippen LogP contribution in [0, 0.1) is 6.92 Å². The van der Waals surface area contributed by atoms with Crippen LogP contribution >= 0.6 is 0 Å². The SMILES string of the molecule is CCn1cc(C(=O)O)c(=O)c2c(C)c3c(cc21)OCO3.[Cl-]. The van der Waals surface area contributed by atoms with Crippen molar-refractivity contribution in [3.63, 3.8) is 0 Å². The van der Waals surface area contributed by atoms with Crippen LogP contribution < -0.4 is 27.3 Å². The van der Waals surface area contributed by atoms with Gasteiger partial charge in [-0.05, 0) is 13.8 Å². The second kappa shape index (κ2) is 5.29. The first-order chi connectivity index (χ1) is 9.54. The fraction of sp³-hybridized carbons (Fsp3) is 0.286. The van der Waals surface area contributed by atoms with Crippen molar-refractivity contribution in [3.8, 4) is 11.5 Å². The zero-order valence-corrected chi connectivity index (χ0v) is 12.2. The maximum Gasteiger partial charge on any atom is 0.341 e. The van der Waals surface area contributed by atoms with Crippen molar-refractivity contribution in [1.82, 2.24) is 4.57 Å². The molecule has 2 aromatic rings. The van der Waals surface area contributed by atoms with Gasteiger partial charge in [0.15, 0.2) is 11.5 Å². The van der Waals surface area contributed by atoms with Crippen LogP contribution in [0.4, 0.5) is 0 Å². The summed E-state index contributed by atoms with van der Waals surface area (Å²) in [6.45, 7) is 4.28. The molecule has 0 fully saturated rings. The largest absolute Gasteiger partial charge is 1.00 e. The number of halogens is 1. The van der Waals surface area contributed by atoms with E-state index in [1.165, 1.54) is 6.20 Å². The molecule has 1 aromatic heterocycles. The quantitative estimate of drug-likeness (QED) is 0.751. The van der Waals surface area contributed by atoms with Gasteiger partial charge in [0, 0.05) is 24.4 Å². The third kappa shape index (κ3) is 2.12. The van der Waals surface area contributed by atoms with E-state index in [4.69, 9.17) is 14.6 Å². The van der Waals surface area contributed by atoms with Crippen molar-refractivity contribution >= 4 is 16.9 Å². The number of hydrogen-bond donors (Lipinski definition) is 1. The molecule has 0 radical (unpaired) electrons. The lowest BCUT2D eigenvalue weighted by Crippen LogP contribution is -3.00. The molecule has 112 valence electrons. The smallest absolute Gasteiger partial charge is 0.341 e. The van der Waals surface area contributed by atoms with E-state index in [0.717, 1.165) is 0 Å². The van der Waals surface area contributed by atoms with Gasteiger partial charge in [-0.1, -0.05) is 0 Å². The van der Waals surface area contributed by atoms with Crippen LogP contribution in [0.5, 0.6) is 11.5 Å². The molecular formula is C14H13ClNO5-. The van der Waals surface area contributed by atoms with Crippen molar-refractivity contribution < 1.29 is 31.8 Å². The summed E-state index contributed by atoms with van der Waals surface area (Å²) in [5.74, 6) is -0.129. The molecule has 0 bridgehead atoms. The van der Waals surface area contributed by atoms with Crippen LogP contribution in [0.2, 0.25) is 0 Å². The van der Waals surface area contributed by atoms with Crippen LogP contribution in [-0.2, 0) is 6.54 Å². The maximum atomic E-state index is 12.4. The Morgan fingerprint density at radius 2 is 2.14 bits per heavy atom. The minimum Gasteiger partial charge on any atom is -1.00 e. The predicted molar refractivity (Wildman–Crippen MR) is 71.7 cm³/mol. The molecule has 1 aliphatic heterocycles. The summed E-state index contributed by atoms with van der Waals surface area (Å²) in [4.78, 5) is 23.6. The molecule has 0 aliphatic carbocycles. The topological polar surface area (TPSA) is 77.8 Å². The summed E-state index contributed by atoms with van der Waals surface area (Å²) in [6.07, 6.45) is 1.37. The van der Waals surface area contributed by atoms with Crippen molar-refractivity contribution in [2.45, 2.75) is 20.4 Å². The first-order valence-electron chi connectivity index (χ1n) is 6.24. The lowest BCUT2D eigenvalue weighted by atomic mass is 10.0. The Labute approximate surface area is 126 Å². The highest BCUT2D eigenvalue weighted by molar-refractivity contribution is 5.95. The number of benzene rings is 1. The molecule has 1 aliphatic rings. The lowest BCUT2D eigenvalue weighted by Gasteiger charge is -2.13. The van der Waals surface area contributed by atoms with Gasteiger partial charge in [-0.2, -0.15) is 0 Å². The van der Waals surface area contributed by atoms with Gasteiger partial charge in [0.2, 0.25) is 12.2 Å². The number of nitrogens with zero attached hydrogens (tertiary/aromatic N) is 1. The molecule has 0 amide bonds. The Hall–Kier alpha value is -2.21. The standard InChI is InChI=1S/C14H13NO5.ClH/c1-3-15-5-8(14(17)18)12(16)11-7(2)13-10(4-9(11)15)19-6-20-13;/h4-5H,3,6H2,1-2H3,(H,17,18);1H/p-1. The van der Waals surface area contributed by atoms with E-state index in [-0.39, 0.29) is 24.8 Å². The number of carboxylic acids is 1. The number of aromatic nitrogens is 1. The molecule has 6 nitrogen and oxygen atoms in total. The molecule has 0 saturated heterocycles. The van der Waals surface area contributed by atoms with Crippen LogP contribution in [-0.4, -0.2) is 22.4 Å². The summed E-state index contributed by atoms with van der Waals surface area (Å²) in [7, 11) is 0. The molecule has 1 N–H and O–H groups in total. The van der Waals surface area contributed by atoms with E-state index in [1.54, 1.807) is 17.6 Å². The average Bonchev–Trinajstić information content (AvgIpc) is 2.87. The molecule has 3 rings (SSSR count). The second-order valence-electron chi connectivity index (χ2n) is 4.59. The minimum absolute atomic E-state index is 0. The van der Waals surface area contributed by atoms with Gasteiger partial charge in [0.1, 0.15) is 5.56 Å². The summed E-state index contributed by atoms with van der Waals surface area (Å²) < 4.78 is 12.4. The monoisotopic (exact) mass is 310 g/mol. The number of pyridine rings is 1. The van der Waals surface area contributed by atoms with E-state index in [1.807, 2.05) is 6.92 Å². The van der Waals surface area contributed by atoms with Gasteiger partial charge in [-0.25, -0.2) is 4.79 Å². The Morgan fingerprint density at radius 3 is 2.76 bits per heavy atom. The van der Waals surface area contributed by atoms with E-state index in [9.17, 15) is 9.59 Å². The normalized spacial score (nSPS) is 12.3. The van der Waals surface area contributed by atoms with Crippen molar-refractivity contribution in [1.29, 1.82) is 0 Å². The van der Waals surface area contributed by atoms with Gasteiger partial charge < -0.3 is 31.6 Å². The van der Waals surface area contributed by atoms with Gasteiger partial charge in [0.05, 0.1) is 10.9 Å². The summed E-state index contributed by atoms with van der Waals surface area (Å²) >= 11 is 0. The highest BCUT2D eigenvalue weighted by atomic mass is 35.5. The van der Waals surface area contributed by atoms with Gasteiger partial charge in [-0.3, -0.25) is 4.79 Å². The van der Waals surface area contributed by atoms with Crippen LogP contribution in [0.15, 0.2) is 17.1 Å². The molecule has 7 heteroatoms. The molecule has 0 saturated carbocycles. The molecule has 2 heterocycles. The zero-order valence-electron chi connectivity index (χ0n) is 11.5. The van der Waals surface area contributed by atoms with Gasteiger partial charge in [0.25, 0.3) is 0 Å². The summed E-state index contributed by atoms with van der Waals surface area (Å²) in [5, 5.41) is 9.53. The fourth-order valence-corrected chi connectivity index (χ4v) is 2.54. The second-order valence-corrected chi connectivity index (χ2v) is 4.59. The first-order valence-corrected chi connectivity index (χ1v) is 6.24. The molecule has 0 unspecified atom stereocenters. The van der Waals surface area contributed by atoms with E-state index >= 15 is 0 Å². The average molecular weight is 311 g/mol. The summed E-state index contributed by atoms with van der Waals surface area (Å²) in [6, 6.07) is 1.72. The van der Waals surface area contributed by atoms with E-state index < -0.39 is 11.4 Å². The molecule has 1 aromatic carbocycles. The molecule has 0 atom stereocenters. The zero-order chi connectivity index (χ0) is 14.4. The number of hydrogen-bond acceptors (Lipinski definition) is 4. The van der Waals surface area contributed by atoms with Crippen molar-refractivity contribution in [2.75, 3.05) is 6.79 Å². The number of fused-ring (bicyclic) bond motifs is 2. The van der Waals surface area contributed by atoms with Crippen LogP contribution in [0.25, 0.3) is 10.9 Å². The van der Waals surface area contributed by atoms with Crippen molar-refractivity contribution in [2.24, 2.45) is 0 Å². The predicted octanol–water partition coefficient (Wildman–Crippen LogP) is -1.24. The number of carboxylic acid groups (broad SMARTS) is 1. The molecule has 21 heavy (non-hydrogen) atoms. The van der Waals surface area contributed by atoms with Crippen molar-refractivity contribution in [3.05, 3.63) is 33.6 Å². The summed E-state index contributed by atoms with van der Waals surface area (Å²) in [5.41, 5.74) is 0.545. The Bertz CT molecular complexity index is 796. The van der Waals surface area contributed by atoms with Gasteiger partial charge in [-0.15, -0.1) is 0 Å². The Balaban J connectivity index is 0.00000161. The Kier molecular flexibility index (Phi) is 3.82. The highest BCUT2D eigenvalue weighted by Crippen LogP contribution is 2.39. The lowest BCUT2D eigenvalue weighted by molar-refractivity contribution is -0.0000212. The third-order valence-corrected chi connectivity index (χ3v) is 3.52. The van der Waals surface area contributed by atoms with Gasteiger partial charge >= 0.3 is 5.97 Å². The number of ether oxygens (including phenoxy) is 2. The third-order valence-electron chi connectivity index (χ3n) is 3.52. The number of aryl methyl sites for hydroxylation is 2. The maximum absolute atomic E-state index is 12.4. The fourth-order valence-electron chi connectivity index (χ4n) is 2.54. The van der Waals surface area contributed by atoms with Crippen LogP contribution in [0.3, 0.4) is 0 Å². The van der Waals surface area contributed by atoms with E-state index in [2.05, 4.69) is 0 Å². The van der Waals surface area contributed by atoms with Crippen LogP contribution in [0.1, 0.15) is 22.8 Å². The minimum atomic E-state index is -1.23. The first kappa shape index (κ1) is 15.2. The number of rotatable bonds is 2. The molecule has 0 spiro atoms. The Morgan fingerprint density at radius 1 is 1.43 bits per heavy atom. The highest BCUT2D eigenvalue weighted by Gasteiger charge is 2.23. The molecular weight excluding hydrogens is 298 g/mol. The van der Waals surface area contributed by atoms with E-state index in [0.29, 0.717) is 34.5 Å². The number of carbonyl (C=O) groups is 1. The number of aromatic carboxylic acids is 1.